The van der Waals surface area contributed by atoms with Gasteiger partial charge in [-0.2, -0.15) is 0 Å². The zero-order valence-corrected chi connectivity index (χ0v) is 18.3. The molecular formula is C19H12Cl4N2O3S. The number of carbonyl (C=O) groups excluding carboxylic acids is 1. The van der Waals surface area contributed by atoms with E-state index in [1.807, 2.05) is 0 Å². The Morgan fingerprint density at radius 3 is 2.07 bits per heavy atom. The number of hydrogen-bond donors (Lipinski definition) is 2. The molecule has 0 radical (unpaired) electrons. The van der Waals surface area contributed by atoms with Gasteiger partial charge in [-0.1, -0.05) is 64.6 Å². The highest BCUT2D eigenvalue weighted by atomic mass is 35.5. The summed E-state index contributed by atoms with van der Waals surface area (Å²) in [5, 5.41) is 3.32. The lowest BCUT2D eigenvalue weighted by molar-refractivity contribution is 0.102. The van der Waals surface area contributed by atoms with Crippen molar-refractivity contribution in [3.05, 3.63) is 86.3 Å². The minimum atomic E-state index is -3.78. The molecule has 3 aromatic rings. The maximum Gasteiger partial charge on any atom is 0.261 e. The molecule has 3 rings (SSSR count). The molecule has 0 aliphatic rings. The maximum absolute atomic E-state index is 12.5. The van der Waals surface area contributed by atoms with Gasteiger partial charge in [0.1, 0.15) is 0 Å². The number of hydrogen-bond acceptors (Lipinski definition) is 3. The molecule has 0 unspecified atom stereocenters. The van der Waals surface area contributed by atoms with Gasteiger partial charge in [0.15, 0.2) is 0 Å². The van der Waals surface area contributed by atoms with Crippen LogP contribution in [0, 0.1) is 0 Å². The zero-order valence-electron chi connectivity index (χ0n) is 14.4. The molecule has 1 amide bonds. The third kappa shape index (κ3) is 5.15. The highest BCUT2D eigenvalue weighted by molar-refractivity contribution is 7.92. The topological polar surface area (TPSA) is 75.3 Å². The Bertz CT molecular complexity index is 1190. The van der Waals surface area contributed by atoms with Gasteiger partial charge in [-0.3, -0.25) is 9.52 Å². The van der Waals surface area contributed by atoms with Gasteiger partial charge in [0, 0.05) is 0 Å². The van der Waals surface area contributed by atoms with E-state index in [0.29, 0.717) is 0 Å². The second-order valence-corrected chi connectivity index (χ2v) is 9.12. The fourth-order valence-corrected chi connectivity index (χ4v) is 4.32. The van der Waals surface area contributed by atoms with Crippen LogP contribution in [-0.4, -0.2) is 14.3 Å². The van der Waals surface area contributed by atoms with Crippen LogP contribution in [0.2, 0.25) is 20.1 Å². The normalized spacial score (nSPS) is 11.2. The molecule has 0 bridgehead atoms. The Labute approximate surface area is 187 Å². The fourth-order valence-electron chi connectivity index (χ4n) is 2.38. The molecule has 0 fully saturated rings. The first-order chi connectivity index (χ1) is 13.7. The smallest absolute Gasteiger partial charge is 0.261 e. The molecule has 0 heterocycles. The van der Waals surface area contributed by atoms with E-state index in [0.717, 1.165) is 0 Å². The van der Waals surface area contributed by atoms with Gasteiger partial charge in [0.2, 0.25) is 0 Å². The van der Waals surface area contributed by atoms with Crippen molar-refractivity contribution in [2.75, 3.05) is 10.0 Å². The largest absolute Gasteiger partial charge is 0.321 e. The highest BCUT2D eigenvalue weighted by Gasteiger charge is 2.17. The lowest BCUT2D eigenvalue weighted by Gasteiger charge is -2.12. The molecule has 5 nitrogen and oxygen atoms in total. The Morgan fingerprint density at radius 2 is 1.41 bits per heavy atom. The summed E-state index contributed by atoms with van der Waals surface area (Å²) in [6.07, 6.45) is 0. The molecule has 29 heavy (non-hydrogen) atoms. The van der Waals surface area contributed by atoms with Gasteiger partial charge in [0.25, 0.3) is 15.9 Å². The van der Waals surface area contributed by atoms with Gasteiger partial charge >= 0.3 is 0 Å². The van der Waals surface area contributed by atoms with Crippen LogP contribution in [0.3, 0.4) is 0 Å². The van der Waals surface area contributed by atoms with Crippen LogP contribution in [0.4, 0.5) is 11.4 Å². The molecule has 0 aromatic heterocycles. The van der Waals surface area contributed by atoms with Crippen molar-refractivity contribution in [3.8, 4) is 0 Å². The summed E-state index contributed by atoms with van der Waals surface area (Å²) < 4.78 is 27.2. The number of amides is 1. The average molecular weight is 490 g/mol. The summed E-state index contributed by atoms with van der Waals surface area (Å²) in [6, 6.07) is 14.9. The van der Waals surface area contributed by atoms with Crippen molar-refractivity contribution in [1.29, 1.82) is 0 Å². The Kier molecular flexibility index (Phi) is 6.61. The average Bonchev–Trinajstić information content (AvgIpc) is 2.66. The third-order valence-corrected chi connectivity index (χ3v) is 6.52. The van der Waals surface area contributed by atoms with E-state index in [1.165, 1.54) is 42.5 Å². The summed E-state index contributed by atoms with van der Waals surface area (Å²) >= 11 is 24.1. The second-order valence-electron chi connectivity index (χ2n) is 5.81. The minimum absolute atomic E-state index is 0.0481. The standard InChI is InChI=1S/C19H12Cl4N2O3S/c20-14-8-11(25-29(27,28)12-4-2-1-3-5-12)6-7-13(14)19(26)24-18-10-16(22)15(21)9-17(18)23/h1-10,25H,(H,24,26). The summed E-state index contributed by atoms with van der Waals surface area (Å²) in [5.41, 5.74) is 0.593. The first kappa shape index (κ1) is 21.7. The van der Waals surface area contributed by atoms with Crippen LogP contribution in [0.5, 0.6) is 0 Å². The van der Waals surface area contributed by atoms with Crippen LogP contribution in [0.1, 0.15) is 10.4 Å². The lowest BCUT2D eigenvalue weighted by Crippen LogP contribution is -2.15. The number of halogens is 4. The number of sulfonamides is 1. The van der Waals surface area contributed by atoms with E-state index in [2.05, 4.69) is 10.0 Å². The van der Waals surface area contributed by atoms with Gasteiger partial charge < -0.3 is 5.32 Å². The summed E-state index contributed by atoms with van der Waals surface area (Å²) in [7, 11) is -3.78. The number of benzene rings is 3. The summed E-state index contributed by atoms with van der Waals surface area (Å²) in [6.45, 7) is 0. The molecule has 0 atom stereocenters. The molecule has 0 saturated heterocycles. The molecule has 0 aliphatic heterocycles. The van der Waals surface area contributed by atoms with Crippen molar-refractivity contribution >= 4 is 73.7 Å². The van der Waals surface area contributed by atoms with Gasteiger partial charge in [-0.15, -0.1) is 0 Å². The van der Waals surface area contributed by atoms with Crippen molar-refractivity contribution in [2.45, 2.75) is 4.90 Å². The van der Waals surface area contributed by atoms with Crippen molar-refractivity contribution in [1.82, 2.24) is 0 Å². The summed E-state index contributed by atoms with van der Waals surface area (Å²) in [5.74, 6) is -0.548. The van der Waals surface area contributed by atoms with Crippen LogP contribution in [0.25, 0.3) is 0 Å². The monoisotopic (exact) mass is 488 g/mol. The number of rotatable bonds is 5. The fraction of sp³-hybridized carbons (Fsp3) is 0. The second kappa shape index (κ2) is 8.81. The summed E-state index contributed by atoms with van der Waals surface area (Å²) in [4.78, 5) is 12.6. The molecule has 3 aromatic carbocycles. The predicted molar refractivity (Wildman–Crippen MR) is 118 cm³/mol. The van der Waals surface area contributed by atoms with E-state index in [1.54, 1.807) is 18.2 Å². The van der Waals surface area contributed by atoms with E-state index in [9.17, 15) is 13.2 Å². The van der Waals surface area contributed by atoms with Crippen LogP contribution < -0.4 is 10.0 Å². The van der Waals surface area contributed by atoms with Crippen molar-refractivity contribution in [3.63, 3.8) is 0 Å². The quantitative estimate of drug-likeness (QED) is 0.410. The van der Waals surface area contributed by atoms with E-state index in [4.69, 9.17) is 46.4 Å². The Morgan fingerprint density at radius 1 is 0.759 bits per heavy atom. The van der Waals surface area contributed by atoms with Crippen molar-refractivity contribution < 1.29 is 13.2 Å². The maximum atomic E-state index is 12.5. The molecule has 2 N–H and O–H groups in total. The van der Waals surface area contributed by atoms with Crippen molar-refractivity contribution in [2.24, 2.45) is 0 Å². The molecule has 0 saturated carbocycles. The third-order valence-electron chi connectivity index (χ3n) is 3.78. The Hall–Kier alpha value is -1.96. The SMILES string of the molecule is O=C(Nc1cc(Cl)c(Cl)cc1Cl)c1ccc(NS(=O)(=O)c2ccccc2)cc1Cl. The van der Waals surface area contributed by atoms with Crippen LogP contribution >= 0.6 is 46.4 Å². The van der Waals surface area contributed by atoms with Gasteiger partial charge in [0.05, 0.1) is 41.9 Å². The van der Waals surface area contributed by atoms with Crippen LogP contribution in [0.15, 0.2) is 65.6 Å². The van der Waals surface area contributed by atoms with E-state index < -0.39 is 15.9 Å². The molecule has 10 heteroatoms. The minimum Gasteiger partial charge on any atom is -0.321 e. The lowest BCUT2D eigenvalue weighted by atomic mass is 10.2. The zero-order chi connectivity index (χ0) is 21.2. The Balaban J connectivity index is 1.81. The number of carbonyl (C=O) groups is 1. The van der Waals surface area contributed by atoms with Gasteiger partial charge in [-0.25, -0.2) is 8.42 Å². The first-order valence-corrected chi connectivity index (χ1v) is 11.0. The predicted octanol–water partition coefficient (Wildman–Crippen LogP) is 6.35. The molecular weight excluding hydrogens is 478 g/mol. The highest BCUT2D eigenvalue weighted by Crippen LogP contribution is 2.33. The number of anilines is 2. The van der Waals surface area contributed by atoms with Crippen LogP contribution in [-0.2, 0) is 10.0 Å². The molecule has 150 valence electrons. The molecule has 0 aliphatic carbocycles. The molecule has 0 spiro atoms. The van der Waals surface area contributed by atoms with E-state index >= 15 is 0 Å². The first-order valence-electron chi connectivity index (χ1n) is 8.01. The number of nitrogens with one attached hydrogen (secondary N) is 2. The van der Waals surface area contributed by atoms with E-state index in [-0.39, 0.29) is 41.9 Å². The van der Waals surface area contributed by atoms with Gasteiger partial charge in [-0.05, 0) is 42.5 Å².